The number of anilines is 2. The number of piperazine rings is 1. The maximum Gasteiger partial charge on any atom is 0.410 e. The fraction of sp³-hybridized carbons (Fsp3) is 0.261. The Morgan fingerprint density at radius 1 is 0.667 bits per heavy atom. The lowest BCUT2D eigenvalue weighted by Crippen LogP contribution is -2.50. The Morgan fingerprint density at radius 3 is 1.88 bits per heavy atom. The Hall–Kier alpha value is -6.62. The Bertz CT molecular complexity index is 2110. The molecular formula is C46H48N4O7. The highest BCUT2D eigenvalue weighted by molar-refractivity contribution is 6.16. The van der Waals surface area contributed by atoms with Gasteiger partial charge in [-0.2, -0.15) is 0 Å². The van der Waals surface area contributed by atoms with Crippen LogP contribution in [0.15, 0.2) is 133 Å². The van der Waals surface area contributed by atoms with E-state index in [0.717, 1.165) is 16.7 Å². The van der Waals surface area contributed by atoms with Crippen molar-refractivity contribution in [3.8, 4) is 5.75 Å². The quantitative estimate of drug-likeness (QED) is 0.115. The molecule has 11 nitrogen and oxygen atoms in total. The highest BCUT2D eigenvalue weighted by Gasteiger charge is 2.30. The first kappa shape index (κ1) is 40.1. The van der Waals surface area contributed by atoms with Crippen molar-refractivity contribution < 1.29 is 33.4 Å². The molecule has 3 amide bonds. The van der Waals surface area contributed by atoms with Gasteiger partial charge >= 0.3 is 12.2 Å². The molecule has 57 heavy (non-hydrogen) atoms. The van der Waals surface area contributed by atoms with E-state index < -0.39 is 29.7 Å². The molecule has 294 valence electrons. The number of nitrogens with zero attached hydrogens (tertiary/aromatic N) is 2. The highest BCUT2D eigenvalue weighted by atomic mass is 16.6. The zero-order valence-corrected chi connectivity index (χ0v) is 32.5. The summed E-state index contributed by atoms with van der Waals surface area (Å²) in [5.74, 6) is -0.167. The summed E-state index contributed by atoms with van der Waals surface area (Å²) in [6, 6.07) is 39.5. The number of nitrogens with one attached hydrogen (secondary N) is 2. The minimum Gasteiger partial charge on any atom is -0.489 e. The molecule has 0 unspecified atom stereocenters. The average Bonchev–Trinajstić information content (AvgIpc) is 3.22. The SMILES string of the molecule is CC(C)(C)OC(=O)N1CCN(c2cccc(C(=O)c3ccccc3)c2NC(=O)[C@@H](Cc2ccc(OCc3ccccc3)cc2)NC(=O)OCc2ccccc2)CC1. The molecular weight excluding hydrogens is 721 g/mol. The number of para-hydroxylation sites is 1. The molecule has 1 atom stereocenters. The van der Waals surface area contributed by atoms with E-state index >= 15 is 0 Å². The third kappa shape index (κ3) is 11.5. The molecule has 1 saturated heterocycles. The average molecular weight is 769 g/mol. The van der Waals surface area contributed by atoms with E-state index in [1.54, 1.807) is 41.3 Å². The highest BCUT2D eigenvalue weighted by Crippen LogP contribution is 2.33. The molecule has 1 aliphatic rings. The molecule has 5 aromatic rings. The van der Waals surface area contributed by atoms with E-state index in [1.807, 2.05) is 123 Å². The number of benzene rings is 5. The maximum atomic E-state index is 14.5. The first-order chi connectivity index (χ1) is 27.5. The molecule has 11 heteroatoms. The predicted molar refractivity (Wildman–Crippen MR) is 219 cm³/mol. The van der Waals surface area contributed by atoms with Crippen LogP contribution in [-0.2, 0) is 33.9 Å². The van der Waals surface area contributed by atoms with Gasteiger partial charge in [0.1, 0.15) is 30.6 Å². The molecule has 0 spiro atoms. The van der Waals surface area contributed by atoms with Gasteiger partial charge < -0.3 is 34.6 Å². The van der Waals surface area contributed by atoms with Crippen LogP contribution in [0.25, 0.3) is 0 Å². The van der Waals surface area contributed by atoms with Crippen LogP contribution < -0.4 is 20.3 Å². The van der Waals surface area contributed by atoms with Crippen LogP contribution in [0.2, 0.25) is 0 Å². The van der Waals surface area contributed by atoms with Crippen molar-refractivity contribution in [2.24, 2.45) is 0 Å². The molecule has 0 bridgehead atoms. The Labute approximate surface area is 333 Å². The standard InChI is InChI=1S/C46H48N4O7/c1-46(2,3)57-45(54)50-28-26-49(27-29-50)40-21-13-20-38(42(51)36-18-11-6-12-19-36)41(40)48-43(52)39(47-44(53)56-32-35-16-9-5-10-17-35)30-33-22-24-37(25-23-33)55-31-34-14-7-4-8-15-34/h4-25,39H,26-32H2,1-3H3,(H,47,53)(H,48,52)/t39-/m1/s1. The van der Waals surface area contributed by atoms with Crippen LogP contribution in [0.5, 0.6) is 5.75 Å². The topological polar surface area (TPSA) is 127 Å². The van der Waals surface area contributed by atoms with Crippen molar-refractivity contribution in [2.45, 2.75) is 52.0 Å². The van der Waals surface area contributed by atoms with Gasteiger partial charge in [-0.1, -0.05) is 109 Å². The zero-order chi connectivity index (χ0) is 40.2. The van der Waals surface area contributed by atoms with Crippen LogP contribution in [-0.4, -0.2) is 66.6 Å². The van der Waals surface area contributed by atoms with Gasteiger partial charge in [-0.3, -0.25) is 9.59 Å². The van der Waals surface area contributed by atoms with E-state index in [4.69, 9.17) is 14.2 Å². The van der Waals surface area contributed by atoms with Gasteiger partial charge in [0.2, 0.25) is 5.91 Å². The van der Waals surface area contributed by atoms with Crippen molar-refractivity contribution >= 4 is 35.3 Å². The van der Waals surface area contributed by atoms with Crippen molar-refractivity contribution in [1.29, 1.82) is 0 Å². The predicted octanol–water partition coefficient (Wildman–Crippen LogP) is 8.03. The van der Waals surface area contributed by atoms with E-state index in [1.165, 1.54) is 0 Å². The van der Waals surface area contributed by atoms with Crippen molar-refractivity contribution in [2.75, 3.05) is 36.4 Å². The lowest BCUT2D eigenvalue weighted by Gasteiger charge is -2.37. The Morgan fingerprint density at radius 2 is 1.26 bits per heavy atom. The van der Waals surface area contributed by atoms with Crippen molar-refractivity contribution in [3.63, 3.8) is 0 Å². The summed E-state index contributed by atoms with van der Waals surface area (Å²) >= 11 is 0. The number of amides is 3. The minimum absolute atomic E-state index is 0.0162. The normalized spacial score (nSPS) is 13.2. The number of hydrogen-bond acceptors (Lipinski definition) is 8. The number of carbonyl (C=O) groups is 4. The summed E-state index contributed by atoms with van der Waals surface area (Å²) in [5, 5.41) is 5.81. The van der Waals surface area contributed by atoms with Gasteiger partial charge in [0.25, 0.3) is 0 Å². The van der Waals surface area contributed by atoms with Gasteiger partial charge in [-0.05, 0) is 61.7 Å². The largest absolute Gasteiger partial charge is 0.489 e. The summed E-state index contributed by atoms with van der Waals surface area (Å²) in [7, 11) is 0. The monoisotopic (exact) mass is 768 g/mol. The third-order valence-corrected chi connectivity index (χ3v) is 9.28. The molecule has 2 N–H and O–H groups in total. The summed E-state index contributed by atoms with van der Waals surface area (Å²) in [5.41, 5.74) is 3.61. The van der Waals surface area contributed by atoms with Gasteiger partial charge in [0, 0.05) is 43.7 Å². The van der Waals surface area contributed by atoms with E-state index in [9.17, 15) is 19.2 Å². The minimum atomic E-state index is -1.10. The van der Waals surface area contributed by atoms with E-state index in [-0.39, 0.29) is 24.4 Å². The number of carbonyl (C=O) groups excluding carboxylic acids is 4. The van der Waals surface area contributed by atoms with E-state index in [0.29, 0.717) is 55.5 Å². The van der Waals surface area contributed by atoms with Crippen LogP contribution in [0.3, 0.4) is 0 Å². The van der Waals surface area contributed by atoms with Gasteiger partial charge in [0.15, 0.2) is 5.78 Å². The van der Waals surface area contributed by atoms with Crippen LogP contribution in [0.4, 0.5) is 21.0 Å². The molecule has 0 aliphatic carbocycles. The second-order valence-corrected chi connectivity index (χ2v) is 14.7. The maximum absolute atomic E-state index is 14.5. The van der Waals surface area contributed by atoms with Crippen molar-refractivity contribution in [3.05, 3.63) is 161 Å². The Kier molecular flexibility index (Phi) is 13.2. The smallest absolute Gasteiger partial charge is 0.410 e. The van der Waals surface area contributed by atoms with Crippen LogP contribution in [0.1, 0.15) is 53.4 Å². The molecule has 0 radical (unpaired) electrons. The third-order valence-electron chi connectivity index (χ3n) is 9.28. The second kappa shape index (κ2) is 18.8. The zero-order valence-electron chi connectivity index (χ0n) is 32.5. The van der Waals surface area contributed by atoms with Crippen LogP contribution >= 0.6 is 0 Å². The molecule has 1 fully saturated rings. The number of hydrogen-bond donors (Lipinski definition) is 2. The fourth-order valence-corrected chi connectivity index (χ4v) is 6.35. The van der Waals surface area contributed by atoms with E-state index in [2.05, 4.69) is 10.6 Å². The second-order valence-electron chi connectivity index (χ2n) is 14.7. The van der Waals surface area contributed by atoms with Gasteiger partial charge in [-0.15, -0.1) is 0 Å². The number of ether oxygens (including phenoxy) is 3. The van der Waals surface area contributed by atoms with Crippen LogP contribution in [0, 0.1) is 0 Å². The Balaban J connectivity index is 1.25. The fourth-order valence-electron chi connectivity index (χ4n) is 6.35. The molecule has 5 aromatic carbocycles. The molecule has 0 saturated carbocycles. The first-order valence-corrected chi connectivity index (χ1v) is 19.0. The first-order valence-electron chi connectivity index (χ1n) is 19.0. The lowest BCUT2D eigenvalue weighted by atomic mass is 9.99. The number of rotatable bonds is 13. The molecule has 0 aromatic heterocycles. The van der Waals surface area contributed by atoms with Gasteiger partial charge in [-0.25, -0.2) is 9.59 Å². The number of ketones is 1. The molecule has 6 rings (SSSR count). The summed E-state index contributed by atoms with van der Waals surface area (Å²) in [6.45, 7) is 7.51. The summed E-state index contributed by atoms with van der Waals surface area (Å²) in [6.07, 6.45) is -1.05. The molecule has 1 heterocycles. The van der Waals surface area contributed by atoms with Gasteiger partial charge in [0.05, 0.1) is 11.4 Å². The molecule has 1 aliphatic heterocycles. The van der Waals surface area contributed by atoms with Crippen molar-refractivity contribution in [1.82, 2.24) is 10.2 Å². The summed E-state index contributed by atoms with van der Waals surface area (Å²) < 4.78 is 17.1. The number of alkyl carbamates (subject to hydrolysis) is 1. The lowest BCUT2D eigenvalue weighted by molar-refractivity contribution is -0.118. The summed E-state index contributed by atoms with van der Waals surface area (Å²) in [4.78, 5) is 58.3.